The van der Waals surface area contributed by atoms with Crippen molar-refractivity contribution in [3.8, 4) is 0 Å². The molecule has 1 unspecified atom stereocenters. The van der Waals surface area contributed by atoms with Crippen molar-refractivity contribution in [3.63, 3.8) is 0 Å². The number of aryl methyl sites for hydroxylation is 1. The lowest BCUT2D eigenvalue weighted by Crippen LogP contribution is -2.22. The van der Waals surface area contributed by atoms with Crippen LogP contribution in [0.25, 0.3) is 10.8 Å². The van der Waals surface area contributed by atoms with Crippen molar-refractivity contribution in [1.82, 2.24) is 10.2 Å². The monoisotopic (exact) mass is 263 g/mol. The van der Waals surface area contributed by atoms with Crippen molar-refractivity contribution in [2.75, 3.05) is 18.5 Å². The molecule has 3 nitrogen and oxygen atoms in total. The summed E-state index contributed by atoms with van der Waals surface area (Å²) in [7, 11) is 2.03. The second kappa shape index (κ2) is 5.53. The number of fused-ring (bicyclic) bond motifs is 1. The van der Waals surface area contributed by atoms with Crippen LogP contribution >= 0.6 is 11.6 Å². The summed E-state index contributed by atoms with van der Waals surface area (Å²) in [5.41, 5.74) is 0.966. The van der Waals surface area contributed by atoms with Gasteiger partial charge in [-0.2, -0.15) is 5.10 Å². The molecule has 0 aliphatic heterocycles. The third-order valence-electron chi connectivity index (χ3n) is 3.08. The summed E-state index contributed by atoms with van der Waals surface area (Å²) in [6.45, 7) is 4.88. The van der Waals surface area contributed by atoms with Gasteiger partial charge in [0.05, 0.1) is 5.69 Å². The Morgan fingerprint density at radius 1 is 1.22 bits per heavy atom. The van der Waals surface area contributed by atoms with Gasteiger partial charge in [0.1, 0.15) is 0 Å². The molecular formula is C14H18ClN3. The fraction of sp³-hybridized carbons (Fsp3) is 0.429. The molecule has 96 valence electrons. The molecule has 4 heteroatoms. The Kier molecular flexibility index (Phi) is 4.02. The van der Waals surface area contributed by atoms with Crippen LogP contribution in [-0.4, -0.2) is 29.2 Å². The van der Waals surface area contributed by atoms with Gasteiger partial charge in [0.15, 0.2) is 5.82 Å². The molecule has 0 saturated carbocycles. The molecule has 1 aromatic carbocycles. The second-order valence-corrected chi connectivity index (χ2v) is 5.39. The van der Waals surface area contributed by atoms with Crippen molar-refractivity contribution in [2.24, 2.45) is 0 Å². The zero-order valence-electron chi connectivity index (χ0n) is 11.0. The lowest BCUT2D eigenvalue weighted by atomic mass is 10.1. The lowest BCUT2D eigenvalue weighted by Gasteiger charge is -2.20. The standard InChI is InChI=1S/C14H18ClN3/c1-10(15)8-9-18(3)14-13-7-5-4-6-12(13)11(2)16-17-14/h4-7,10H,8-9H2,1-3H3. The minimum atomic E-state index is 0.178. The van der Waals surface area contributed by atoms with E-state index in [4.69, 9.17) is 11.6 Å². The van der Waals surface area contributed by atoms with Crippen LogP contribution in [0.4, 0.5) is 5.82 Å². The summed E-state index contributed by atoms with van der Waals surface area (Å²) in [5, 5.41) is 11.0. The fourth-order valence-electron chi connectivity index (χ4n) is 1.98. The Morgan fingerprint density at radius 3 is 2.56 bits per heavy atom. The molecule has 0 fully saturated rings. The Labute approximate surface area is 113 Å². The molecule has 0 aliphatic carbocycles. The van der Waals surface area contributed by atoms with E-state index in [2.05, 4.69) is 27.2 Å². The summed E-state index contributed by atoms with van der Waals surface area (Å²) in [6, 6.07) is 8.24. The molecule has 0 N–H and O–H groups in total. The summed E-state index contributed by atoms with van der Waals surface area (Å²) in [5.74, 6) is 0.925. The molecule has 0 radical (unpaired) electrons. The molecule has 1 atom stereocenters. The minimum absolute atomic E-state index is 0.178. The Bertz CT molecular complexity index is 540. The zero-order chi connectivity index (χ0) is 13.1. The van der Waals surface area contributed by atoms with Gasteiger partial charge in [0.2, 0.25) is 0 Å². The van der Waals surface area contributed by atoms with Crippen molar-refractivity contribution < 1.29 is 0 Å². The molecule has 0 bridgehead atoms. The normalized spacial score (nSPS) is 12.7. The first-order valence-electron chi connectivity index (χ1n) is 6.17. The number of rotatable bonds is 4. The molecule has 2 aromatic rings. The van der Waals surface area contributed by atoms with Gasteiger partial charge in [-0.3, -0.25) is 0 Å². The molecular weight excluding hydrogens is 246 g/mol. The molecule has 0 amide bonds. The van der Waals surface area contributed by atoms with Crippen molar-refractivity contribution in [3.05, 3.63) is 30.0 Å². The van der Waals surface area contributed by atoms with E-state index < -0.39 is 0 Å². The van der Waals surface area contributed by atoms with Gasteiger partial charge >= 0.3 is 0 Å². The molecule has 1 aromatic heterocycles. The van der Waals surface area contributed by atoms with E-state index in [1.165, 1.54) is 0 Å². The summed E-state index contributed by atoms with van der Waals surface area (Å²) in [4.78, 5) is 2.12. The summed E-state index contributed by atoms with van der Waals surface area (Å²) in [6.07, 6.45) is 0.932. The van der Waals surface area contributed by atoms with E-state index in [-0.39, 0.29) is 5.38 Å². The van der Waals surface area contributed by atoms with Crippen LogP contribution in [0, 0.1) is 6.92 Å². The Balaban J connectivity index is 2.36. The molecule has 0 saturated heterocycles. The maximum Gasteiger partial charge on any atom is 0.158 e. The Morgan fingerprint density at radius 2 is 1.89 bits per heavy atom. The van der Waals surface area contributed by atoms with Gasteiger partial charge in [-0.15, -0.1) is 16.7 Å². The highest BCUT2D eigenvalue weighted by Gasteiger charge is 2.10. The van der Waals surface area contributed by atoms with Crippen LogP contribution in [-0.2, 0) is 0 Å². The van der Waals surface area contributed by atoms with Gasteiger partial charge in [-0.1, -0.05) is 24.3 Å². The number of nitrogens with zero attached hydrogens (tertiary/aromatic N) is 3. The van der Waals surface area contributed by atoms with Gasteiger partial charge in [-0.25, -0.2) is 0 Å². The number of halogens is 1. The quantitative estimate of drug-likeness (QED) is 0.792. The first-order chi connectivity index (χ1) is 8.59. The molecule has 18 heavy (non-hydrogen) atoms. The smallest absolute Gasteiger partial charge is 0.158 e. The van der Waals surface area contributed by atoms with Gasteiger partial charge in [0.25, 0.3) is 0 Å². The van der Waals surface area contributed by atoms with Gasteiger partial charge in [-0.05, 0) is 20.3 Å². The third-order valence-corrected chi connectivity index (χ3v) is 3.29. The fourth-order valence-corrected chi connectivity index (χ4v) is 2.08. The predicted octanol–water partition coefficient (Wildman–Crippen LogP) is 3.39. The van der Waals surface area contributed by atoms with Crippen molar-refractivity contribution >= 4 is 28.2 Å². The molecule has 0 spiro atoms. The van der Waals surface area contributed by atoms with E-state index in [0.717, 1.165) is 35.2 Å². The van der Waals surface area contributed by atoms with Crippen LogP contribution in [0.3, 0.4) is 0 Å². The van der Waals surface area contributed by atoms with E-state index >= 15 is 0 Å². The van der Waals surface area contributed by atoms with Crippen LogP contribution in [0.2, 0.25) is 0 Å². The highest BCUT2D eigenvalue weighted by molar-refractivity contribution is 6.20. The first kappa shape index (κ1) is 13.1. The zero-order valence-corrected chi connectivity index (χ0v) is 11.8. The number of hydrogen-bond acceptors (Lipinski definition) is 3. The average Bonchev–Trinajstić information content (AvgIpc) is 2.37. The van der Waals surface area contributed by atoms with Gasteiger partial charge < -0.3 is 4.90 Å². The number of alkyl halides is 1. The van der Waals surface area contributed by atoms with E-state index in [1.54, 1.807) is 0 Å². The highest BCUT2D eigenvalue weighted by Crippen LogP contribution is 2.24. The van der Waals surface area contributed by atoms with Gasteiger partial charge in [0, 0.05) is 29.7 Å². The summed E-state index contributed by atoms with van der Waals surface area (Å²) >= 11 is 5.99. The van der Waals surface area contributed by atoms with Crippen LogP contribution in [0.5, 0.6) is 0 Å². The average molecular weight is 264 g/mol. The Hall–Kier alpha value is -1.35. The highest BCUT2D eigenvalue weighted by atomic mass is 35.5. The number of hydrogen-bond donors (Lipinski definition) is 0. The third kappa shape index (κ3) is 2.72. The van der Waals surface area contributed by atoms with E-state index in [1.807, 2.05) is 33.0 Å². The maximum absolute atomic E-state index is 5.99. The van der Waals surface area contributed by atoms with Crippen LogP contribution < -0.4 is 4.90 Å². The SMILES string of the molecule is Cc1nnc(N(C)CCC(C)Cl)c2ccccc12. The molecule has 0 aliphatic rings. The van der Waals surface area contributed by atoms with Crippen molar-refractivity contribution in [2.45, 2.75) is 25.6 Å². The summed E-state index contributed by atoms with van der Waals surface area (Å²) < 4.78 is 0. The first-order valence-corrected chi connectivity index (χ1v) is 6.60. The molecule has 1 heterocycles. The topological polar surface area (TPSA) is 29.0 Å². The number of anilines is 1. The lowest BCUT2D eigenvalue weighted by molar-refractivity contribution is 0.760. The van der Waals surface area contributed by atoms with Crippen LogP contribution in [0.1, 0.15) is 19.0 Å². The maximum atomic E-state index is 5.99. The second-order valence-electron chi connectivity index (χ2n) is 4.65. The van der Waals surface area contributed by atoms with E-state index in [0.29, 0.717) is 0 Å². The number of aromatic nitrogens is 2. The number of benzene rings is 1. The predicted molar refractivity (Wildman–Crippen MR) is 77.5 cm³/mol. The van der Waals surface area contributed by atoms with Crippen molar-refractivity contribution in [1.29, 1.82) is 0 Å². The largest absolute Gasteiger partial charge is 0.358 e. The van der Waals surface area contributed by atoms with E-state index in [9.17, 15) is 0 Å². The van der Waals surface area contributed by atoms with Crippen LogP contribution in [0.15, 0.2) is 24.3 Å². The molecule has 2 rings (SSSR count). The minimum Gasteiger partial charge on any atom is -0.358 e.